The van der Waals surface area contributed by atoms with E-state index < -0.39 is 0 Å². The first-order valence-electron chi connectivity index (χ1n) is 23.4. The van der Waals surface area contributed by atoms with E-state index in [0.29, 0.717) is 0 Å². The van der Waals surface area contributed by atoms with Crippen LogP contribution in [0.5, 0.6) is 0 Å². The molecule has 11 rings (SSSR count). The molecule has 0 fully saturated rings. The summed E-state index contributed by atoms with van der Waals surface area (Å²) in [5.41, 5.74) is 19.4. The zero-order valence-electron chi connectivity index (χ0n) is 40.6. The number of thiophene rings is 1. The van der Waals surface area contributed by atoms with Crippen molar-refractivity contribution < 1.29 is 0 Å². The highest BCUT2D eigenvalue weighted by molar-refractivity contribution is 7.20. The van der Waals surface area contributed by atoms with Gasteiger partial charge in [0.05, 0.1) is 34.0 Å². The summed E-state index contributed by atoms with van der Waals surface area (Å²) in [7, 11) is 0. The van der Waals surface area contributed by atoms with Crippen molar-refractivity contribution in [2.24, 2.45) is 0 Å². The number of nitrogens with zero attached hydrogens (tertiary/aromatic N) is 3. The fourth-order valence-corrected chi connectivity index (χ4v) is 14.6. The zero-order valence-corrected chi connectivity index (χ0v) is 41.4. The Morgan fingerprint density at radius 2 is 1.21 bits per heavy atom. The molecule has 2 aliphatic heterocycles. The molecular formula is C58H67N3S. The van der Waals surface area contributed by atoms with E-state index in [4.69, 9.17) is 4.98 Å². The minimum Gasteiger partial charge on any atom is -0.308 e. The Morgan fingerprint density at radius 3 is 1.82 bits per heavy atom. The molecule has 320 valence electrons. The number of fused-ring (bicyclic) bond motifs is 13. The van der Waals surface area contributed by atoms with Gasteiger partial charge in [0.25, 0.3) is 0 Å². The first-order valence-corrected chi connectivity index (χ1v) is 24.2. The van der Waals surface area contributed by atoms with E-state index in [0.717, 1.165) is 24.4 Å². The highest BCUT2D eigenvalue weighted by Gasteiger charge is 2.51. The summed E-state index contributed by atoms with van der Waals surface area (Å²) in [5.74, 6) is 1.16. The molecule has 1 unspecified atom stereocenters. The van der Waals surface area contributed by atoms with Crippen LogP contribution in [0.25, 0.3) is 37.7 Å². The molecule has 2 aliphatic carbocycles. The lowest BCUT2D eigenvalue weighted by Gasteiger charge is -2.41. The molecule has 4 aliphatic rings. The minimum absolute atomic E-state index is 0.0122. The van der Waals surface area contributed by atoms with Crippen molar-refractivity contribution in [3.8, 4) is 5.82 Å². The summed E-state index contributed by atoms with van der Waals surface area (Å²) in [6.07, 6.45) is 2.26. The second-order valence-electron chi connectivity index (χ2n) is 25.6. The van der Waals surface area contributed by atoms with Crippen molar-refractivity contribution in [3.63, 3.8) is 0 Å². The molecule has 0 spiro atoms. The monoisotopic (exact) mass is 838 g/mol. The van der Waals surface area contributed by atoms with Crippen molar-refractivity contribution in [3.05, 3.63) is 122 Å². The van der Waals surface area contributed by atoms with Crippen molar-refractivity contribution in [1.82, 2.24) is 9.55 Å². The number of pyridine rings is 1. The smallest absolute Gasteiger partial charge is 0.144 e. The molecular weight excluding hydrogens is 771 g/mol. The van der Waals surface area contributed by atoms with Crippen LogP contribution in [0.1, 0.15) is 192 Å². The van der Waals surface area contributed by atoms with Gasteiger partial charge in [-0.25, -0.2) is 4.98 Å². The molecule has 4 heteroatoms. The summed E-state index contributed by atoms with van der Waals surface area (Å²) >= 11 is 2.01. The Bertz CT molecular complexity index is 3120. The van der Waals surface area contributed by atoms with Gasteiger partial charge in [0, 0.05) is 42.4 Å². The lowest BCUT2D eigenvalue weighted by Crippen LogP contribution is -2.28. The largest absolute Gasteiger partial charge is 0.308 e. The lowest BCUT2D eigenvalue weighted by molar-refractivity contribution is 0.403. The fourth-order valence-electron chi connectivity index (χ4n) is 13.3. The molecule has 3 nitrogen and oxygen atoms in total. The first-order chi connectivity index (χ1) is 28.6. The predicted octanol–water partition coefficient (Wildman–Crippen LogP) is 16.5. The predicted molar refractivity (Wildman–Crippen MR) is 267 cm³/mol. The fraction of sp³-hybridized carbons (Fsp3) is 0.466. The number of rotatable bonds is 1. The summed E-state index contributed by atoms with van der Waals surface area (Å²) in [6.45, 7) is 41.1. The number of anilines is 3. The van der Waals surface area contributed by atoms with E-state index in [1.807, 2.05) is 11.3 Å². The van der Waals surface area contributed by atoms with Crippen molar-refractivity contribution in [1.29, 1.82) is 0 Å². The van der Waals surface area contributed by atoms with Gasteiger partial charge in [-0.15, -0.1) is 11.3 Å². The van der Waals surface area contributed by atoms with E-state index in [1.54, 1.807) is 16.7 Å². The molecule has 4 aromatic carbocycles. The van der Waals surface area contributed by atoms with Gasteiger partial charge >= 0.3 is 0 Å². The molecule has 3 aromatic heterocycles. The molecule has 5 heterocycles. The van der Waals surface area contributed by atoms with Gasteiger partial charge in [0.2, 0.25) is 0 Å². The van der Waals surface area contributed by atoms with Crippen molar-refractivity contribution >= 4 is 60.3 Å². The Balaban J connectivity index is 1.37. The van der Waals surface area contributed by atoms with E-state index >= 15 is 0 Å². The molecule has 0 N–H and O–H groups in total. The van der Waals surface area contributed by atoms with Crippen molar-refractivity contribution in [2.75, 3.05) is 4.90 Å². The molecule has 0 bridgehead atoms. The third kappa shape index (κ3) is 5.25. The van der Waals surface area contributed by atoms with Gasteiger partial charge < -0.3 is 4.90 Å². The standard InChI is InChI=1S/C58H67N3S/c1-52(2,3)31-18-21-33(22-19-31)60-39-28-41(54(7,8)9)59-51-44(39)42(50-49(60)34-26-32(53(4,5)6)20-25-40(34)62-50)35-27-37-47(58(16,17)30-56(37,12)13)45-43-38(61(51)48(35)45)24-23-36-46(43)57(14,15)29-55(36,10)11/h18-28,42H,29-30H2,1-17H3. The summed E-state index contributed by atoms with van der Waals surface area (Å²) in [5, 5.41) is 4.33. The highest BCUT2D eigenvalue weighted by Crippen LogP contribution is 2.65. The molecule has 0 saturated heterocycles. The van der Waals surface area contributed by atoms with Gasteiger partial charge in [-0.1, -0.05) is 148 Å². The molecule has 0 radical (unpaired) electrons. The van der Waals surface area contributed by atoms with Gasteiger partial charge in [-0.05, 0) is 121 Å². The summed E-state index contributed by atoms with van der Waals surface area (Å²) < 4.78 is 4.02. The normalized spacial score (nSPS) is 20.2. The average molecular weight is 838 g/mol. The van der Waals surface area contributed by atoms with E-state index in [1.165, 1.54) is 81.6 Å². The third-order valence-corrected chi connectivity index (χ3v) is 16.9. The van der Waals surface area contributed by atoms with Crippen LogP contribution in [0.3, 0.4) is 0 Å². The SMILES string of the molecule is CC(C)(C)c1ccc(N2c3cc(C(C)(C)C)nc4c3C(c3sc5ccc(C(C)(C)C)cc5c32)c2cc3c(c5c6c7c(ccc6n-4c25)C(C)(C)CC7(C)C)C(C)(C)CC3(C)C)cc1. The van der Waals surface area contributed by atoms with Crippen LogP contribution in [-0.4, -0.2) is 9.55 Å². The van der Waals surface area contributed by atoms with Crippen LogP contribution < -0.4 is 4.90 Å². The van der Waals surface area contributed by atoms with Crippen LogP contribution in [0.4, 0.5) is 17.1 Å². The van der Waals surface area contributed by atoms with Gasteiger partial charge in [-0.2, -0.15) is 0 Å². The first kappa shape index (κ1) is 40.4. The highest BCUT2D eigenvalue weighted by atomic mass is 32.1. The third-order valence-electron chi connectivity index (χ3n) is 15.7. The minimum atomic E-state index is -0.182. The number of aromatic nitrogens is 2. The lowest BCUT2D eigenvalue weighted by atomic mass is 9.76. The Kier molecular flexibility index (Phi) is 7.70. The van der Waals surface area contributed by atoms with Gasteiger partial charge in [0.1, 0.15) is 5.82 Å². The van der Waals surface area contributed by atoms with Crippen LogP contribution in [0.2, 0.25) is 0 Å². The Morgan fingerprint density at radius 1 is 0.613 bits per heavy atom. The van der Waals surface area contributed by atoms with E-state index in [9.17, 15) is 0 Å². The molecule has 7 aromatic rings. The second-order valence-corrected chi connectivity index (χ2v) is 26.7. The Labute approximate surface area is 375 Å². The quantitative estimate of drug-likeness (QED) is 0.164. The van der Waals surface area contributed by atoms with Crippen LogP contribution >= 0.6 is 11.3 Å². The molecule has 0 amide bonds. The van der Waals surface area contributed by atoms with Crippen LogP contribution in [0, 0.1) is 0 Å². The van der Waals surface area contributed by atoms with Crippen LogP contribution in [-0.2, 0) is 37.9 Å². The van der Waals surface area contributed by atoms with Crippen molar-refractivity contribution in [2.45, 2.75) is 174 Å². The maximum absolute atomic E-state index is 5.93. The molecule has 0 saturated carbocycles. The topological polar surface area (TPSA) is 21.1 Å². The molecule has 1 atom stereocenters. The summed E-state index contributed by atoms with van der Waals surface area (Å²) in [6, 6.07) is 27.0. The van der Waals surface area contributed by atoms with Gasteiger partial charge in [-0.3, -0.25) is 4.57 Å². The molecule has 62 heavy (non-hydrogen) atoms. The van der Waals surface area contributed by atoms with Gasteiger partial charge in [0.15, 0.2) is 0 Å². The second kappa shape index (κ2) is 11.8. The average Bonchev–Trinajstić information content (AvgIpc) is 3.80. The van der Waals surface area contributed by atoms with E-state index in [-0.39, 0.29) is 43.8 Å². The number of hydrogen-bond donors (Lipinski definition) is 0. The van der Waals surface area contributed by atoms with E-state index in [2.05, 4.69) is 194 Å². The maximum Gasteiger partial charge on any atom is 0.144 e. The number of hydrogen-bond acceptors (Lipinski definition) is 3. The number of benzene rings is 4. The zero-order chi connectivity index (χ0) is 44.4. The Hall–Kier alpha value is -4.41. The van der Waals surface area contributed by atoms with Crippen LogP contribution in [0.15, 0.2) is 66.7 Å². The summed E-state index contributed by atoms with van der Waals surface area (Å²) in [4.78, 5) is 10.0. The maximum atomic E-state index is 5.93.